The number of carboxylic acids is 1. The van der Waals surface area contributed by atoms with Crippen molar-refractivity contribution < 1.29 is 14.7 Å². The minimum Gasteiger partial charge on any atom is -0.481 e. The number of carbonyl (C=O) groups excluding carboxylic acids is 1. The van der Waals surface area contributed by atoms with Crippen molar-refractivity contribution >= 4 is 11.9 Å². The van der Waals surface area contributed by atoms with E-state index in [1.165, 1.54) is 11.1 Å². The van der Waals surface area contributed by atoms with Crippen LogP contribution in [0.15, 0.2) is 24.3 Å². The van der Waals surface area contributed by atoms with Crippen LogP contribution in [0.2, 0.25) is 0 Å². The Labute approximate surface area is 132 Å². The number of amides is 1. The minimum atomic E-state index is -0.860. The smallest absolute Gasteiger partial charge is 0.305 e. The molecule has 0 aromatic heterocycles. The number of rotatable bonds is 6. The summed E-state index contributed by atoms with van der Waals surface area (Å²) in [5, 5.41) is 8.84. The van der Waals surface area contributed by atoms with Crippen LogP contribution in [0.3, 0.4) is 0 Å². The Kier molecular flexibility index (Phi) is 5.58. The average molecular weight is 303 g/mol. The fraction of sp³-hybridized carbons (Fsp3) is 0.556. The van der Waals surface area contributed by atoms with Gasteiger partial charge in [-0.25, -0.2) is 0 Å². The third kappa shape index (κ3) is 4.09. The molecule has 4 heteroatoms. The Bertz CT molecular complexity index is 539. The maximum Gasteiger partial charge on any atom is 0.305 e. The highest BCUT2D eigenvalue weighted by atomic mass is 16.4. The lowest BCUT2D eigenvalue weighted by Crippen LogP contribution is -2.39. The number of fused-ring (bicyclic) bond motifs is 1. The SMILES string of the molecule is CC(C)N(CCC(=O)O)C(=O)CC1CCCc2ccccc21. The molecule has 0 saturated heterocycles. The van der Waals surface area contributed by atoms with Gasteiger partial charge in [-0.15, -0.1) is 0 Å². The lowest BCUT2D eigenvalue weighted by Gasteiger charge is -2.30. The van der Waals surface area contributed by atoms with Gasteiger partial charge in [-0.2, -0.15) is 0 Å². The van der Waals surface area contributed by atoms with Crippen molar-refractivity contribution in [3.8, 4) is 0 Å². The predicted octanol–water partition coefficient (Wildman–Crippen LogP) is 3.21. The molecule has 1 aliphatic rings. The largest absolute Gasteiger partial charge is 0.481 e. The first kappa shape index (κ1) is 16.5. The molecule has 120 valence electrons. The van der Waals surface area contributed by atoms with E-state index in [0.717, 1.165) is 19.3 Å². The molecule has 0 heterocycles. The molecule has 0 radical (unpaired) electrons. The lowest BCUT2D eigenvalue weighted by molar-refractivity contribution is -0.139. The van der Waals surface area contributed by atoms with Crippen molar-refractivity contribution in [1.82, 2.24) is 4.90 Å². The van der Waals surface area contributed by atoms with Crippen LogP contribution in [0.5, 0.6) is 0 Å². The molecule has 0 saturated carbocycles. The van der Waals surface area contributed by atoms with Gasteiger partial charge in [-0.3, -0.25) is 9.59 Å². The molecule has 0 aliphatic heterocycles. The molecule has 0 bridgehead atoms. The summed E-state index contributed by atoms with van der Waals surface area (Å²) in [4.78, 5) is 25.1. The maximum absolute atomic E-state index is 12.6. The Morgan fingerprint density at radius 1 is 1.32 bits per heavy atom. The van der Waals surface area contributed by atoms with E-state index in [2.05, 4.69) is 18.2 Å². The number of hydrogen-bond donors (Lipinski definition) is 1. The summed E-state index contributed by atoms with van der Waals surface area (Å²) in [5.74, 6) is -0.525. The fourth-order valence-corrected chi connectivity index (χ4v) is 3.28. The van der Waals surface area contributed by atoms with Gasteiger partial charge in [-0.05, 0) is 50.2 Å². The summed E-state index contributed by atoms with van der Waals surface area (Å²) < 4.78 is 0. The summed E-state index contributed by atoms with van der Waals surface area (Å²) in [6.45, 7) is 4.17. The van der Waals surface area contributed by atoms with Gasteiger partial charge in [0.25, 0.3) is 0 Å². The zero-order valence-electron chi connectivity index (χ0n) is 13.4. The van der Waals surface area contributed by atoms with E-state index in [4.69, 9.17) is 5.11 Å². The molecule has 22 heavy (non-hydrogen) atoms. The van der Waals surface area contributed by atoms with Gasteiger partial charge >= 0.3 is 5.97 Å². The van der Waals surface area contributed by atoms with Crippen molar-refractivity contribution in [2.24, 2.45) is 0 Å². The van der Waals surface area contributed by atoms with Gasteiger partial charge < -0.3 is 10.0 Å². The Balaban J connectivity index is 2.05. The molecule has 2 rings (SSSR count). The topological polar surface area (TPSA) is 57.6 Å². The Morgan fingerprint density at radius 2 is 2.05 bits per heavy atom. The zero-order chi connectivity index (χ0) is 16.1. The molecular formula is C18H25NO3. The predicted molar refractivity (Wildman–Crippen MR) is 85.8 cm³/mol. The molecular weight excluding hydrogens is 278 g/mol. The second-order valence-electron chi connectivity index (χ2n) is 6.32. The number of carboxylic acid groups (broad SMARTS) is 1. The summed E-state index contributed by atoms with van der Waals surface area (Å²) in [6, 6.07) is 8.40. The first-order valence-electron chi connectivity index (χ1n) is 8.08. The number of aliphatic carboxylic acids is 1. The van der Waals surface area contributed by atoms with Crippen LogP contribution in [0.1, 0.15) is 56.6 Å². The monoisotopic (exact) mass is 303 g/mol. The van der Waals surface area contributed by atoms with E-state index in [9.17, 15) is 9.59 Å². The first-order chi connectivity index (χ1) is 10.5. The van der Waals surface area contributed by atoms with E-state index >= 15 is 0 Å². The van der Waals surface area contributed by atoms with E-state index in [0.29, 0.717) is 13.0 Å². The van der Waals surface area contributed by atoms with Crippen LogP contribution in [-0.4, -0.2) is 34.5 Å². The van der Waals surface area contributed by atoms with Crippen LogP contribution < -0.4 is 0 Å². The van der Waals surface area contributed by atoms with Crippen LogP contribution in [0.25, 0.3) is 0 Å². The molecule has 1 N–H and O–H groups in total. The highest BCUT2D eigenvalue weighted by molar-refractivity contribution is 5.78. The summed E-state index contributed by atoms with van der Waals surface area (Å²) >= 11 is 0. The summed E-state index contributed by atoms with van der Waals surface area (Å²) in [5.41, 5.74) is 2.65. The van der Waals surface area contributed by atoms with Gasteiger partial charge in [0, 0.05) is 19.0 Å². The molecule has 0 fully saturated rings. The van der Waals surface area contributed by atoms with Crippen LogP contribution in [-0.2, 0) is 16.0 Å². The van der Waals surface area contributed by atoms with Gasteiger partial charge in [0.15, 0.2) is 0 Å². The van der Waals surface area contributed by atoms with Crippen LogP contribution in [0.4, 0.5) is 0 Å². The normalized spacial score (nSPS) is 17.1. The quantitative estimate of drug-likeness (QED) is 0.878. The zero-order valence-corrected chi connectivity index (χ0v) is 13.4. The first-order valence-corrected chi connectivity index (χ1v) is 8.08. The second kappa shape index (κ2) is 7.43. The van der Waals surface area contributed by atoms with Gasteiger partial charge in [0.2, 0.25) is 5.91 Å². The Hall–Kier alpha value is -1.84. The maximum atomic E-state index is 12.6. The molecule has 1 unspecified atom stereocenters. The number of aryl methyl sites for hydroxylation is 1. The molecule has 1 aliphatic carbocycles. The minimum absolute atomic E-state index is 0.00513. The summed E-state index contributed by atoms with van der Waals surface area (Å²) in [7, 11) is 0. The molecule has 1 aromatic carbocycles. The highest BCUT2D eigenvalue weighted by Gasteiger charge is 2.26. The average Bonchev–Trinajstić information content (AvgIpc) is 2.47. The van der Waals surface area contributed by atoms with E-state index in [-0.39, 0.29) is 24.3 Å². The van der Waals surface area contributed by atoms with Crippen molar-refractivity contribution in [2.45, 2.75) is 57.9 Å². The third-order valence-electron chi connectivity index (χ3n) is 4.42. The van der Waals surface area contributed by atoms with E-state index < -0.39 is 5.97 Å². The molecule has 0 spiro atoms. The third-order valence-corrected chi connectivity index (χ3v) is 4.42. The number of nitrogens with zero attached hydrogens (tertiary/aromatic N) is 1. The van der Waals surface area contributed by atoms with Crippen LogP contribution in [0, 0.1) is 0 Å². The summed E-state index contributed by atoms with van der Waals surface area (Å²) in [6.07, 6.45) is 3.73. The molecule has 4 nitrogen and oxygen atoms in total. The van der Waals surface area contributed by atoms with E-state index in [1.807, 2.05) is 19.9 Å². The molecule has 1 amide bonds. The van der Waals surface area contributed by atoms with Crippen molar-refractivity contribution in [3.05, 3.63) is 35.4 Å². The molecule has 1 atom stereocenters. The fourth-order valence-electron chi connectivity index (χ4n) is 3.28. The van der Waals surface area contributed by atoms with Gasteiger partial charge in [0.1, 0.15) is 0 Å². The number of hydrogen-bond acceptors (Lipinski definition) is 2. The van der Waals surface area contributed by atoms with E-state index in [1.54, 1.807) is 4.90 Å². The number of benzene rings is 1. The Morgan fingerprint density at radius 3 is 2.73 bits per heavy atom. The molecule has 1 aromatic rings. The van der Waals surface area contributed by atoms with Crippen LogP contribution >= 0.6 is 0 Å². The standard InChI is InChI=1S/C18H25NO3/c1-13(2)19(11-10-18(21)22)17(20)12-15-8-5-7-14-6-3-4-9-16(14)15/h3-4,6,9,13,15H,5,7-8,10-12H2,1-2H3,(H,21,22). The van der Waals surface area contributed by atoms with Crippen molar-refractivity contribution in [2.75, 3.05) is 6.54 Å². The number of carbonyl (C=O) groups is 2. The van der Waals surface area contributed by atoms with Gasteiger partial charge in [-0.1, -0.05) is 24.3 Å². The van der Waals surface area contributed by atoms with Gasteiger partial charge in [0.05, 0.1) is 6.42 Å². The van der Waals surface area contributed by atoms with Crippen molar-refractivity contribution in [3.63, 3.8) is 0 Å². The highest BCUT2D eigenvalue weighted by Crippen LogP contribution is 2.34. The lowest BCUT2D eigenvalue weighted by atomic mass is 9.81. The second-order valence-corrected chi connectivity index (χ2v) is 6.32. The van der Waals surface area contributed by atoms with Crippen molar-refractivity contribution in [1.29, 1.82) is 0 Å².